The van der Waals surface area contributed by atoms with Crippen LogP contribution >= 0.6 is 0 Å². The SMILES string of the molecule is Cc1c(C(=O)N2CCC(O)CC2)c(-c2cccc3ccccc23)cn1-c1cnc[nH]1. The van der Waals surface area contributed by atoms with Gasteiger partial charge < -0.3 is 19.6 Å². The third-order valence-corrected chi connectivity index (χ3v) is 6.04. The van der Waals surface area contributed by atoms with E-state index < -0.39 is 0 Å². The first-order chi connectivity index (χ1) is 14.6. The number of fused-ring (bicyclic) bond motifs is 1. The molecule has 6 heteroatoms. The number of carbonyl (C=O) groups excluding carboxylic acids is 1. The molecule has 4 aromatic rings. The van der Waals surface area contributed by atoms with E-state index in [4.69, 9.17) is 0 Å². The summed E-state index contributed by atoms with van der Waals surface area (Å²) in [5.74, 6) is 0.836. The van der Waals surface area contributed by atoms with Gasteiger partial charge in [-0.25, -0.2) is 4.98 Å². The van der Waals surface area contributed by atoms with Crippen molar-refractivity contribution in [3.8, 4) is 16.9 Å². The minimum absolute atomic E-state index is 0.0144. The largest absolute Gasteiger partial charge is 0.393 e. The Kier molecular flexibility index (Phi) is 4.64. The van der Waals surface area contributed by atoms with Gasteiger partial charge in [0.15, 0.2) is 0 Å². The summed E-state index contributed by atoms with van der Waals surface area (Å²) in [5, 5.41) is 12.1. The number of rotatable bonds is 3. The van der Waals surface area contributed by atoms with Gasteiger partial charge >= 0.3 is 0 Å². The molecule has 1 aliphatic heterocycles. The number of H-pyrrole nitrogens is 1. The number of likely N-dealkylation sites (tertiary alicyclic amines) is 1. The number of aliphatic hydroxyl groups excluding tert-OH is 1. The fourth-order valence-corrected chi connectivity index (χ4v) is 4.40. The predicted molar refractivity (Wildman–Crippen MR) is 117 cm³/mol. The summed E-state index contributed by atoms with van der Waals surface area (Å²) in [6, 6.07) is 14.4. The molecule has 6 nitrogen and oxygen atoms in total. The third kappa shape index (κ3) is 3.09. The summed E-state index contributed by atoms with van der Waals surface area (Å²) in [5.41, 5.74) is 3.53. The minimum atomic E-state index is -0.317. The summed E-state index contributed by atoms with van der Waals surface area (Å²) >= 11 is 0. The Labute approximate surface area is 174 Å². The van der Waals surface area contributed by atoms with E-state index in [0.717, 1.165) is 33.4 Å². The number of benzene rings is 2. The number of nitrogens with one attached hydrogen (secondary N) is 1. The van der Waals surface area contributed by atoms with Crippen LogP contribution in [0.4, 0.5) is 0 Å². The van der Waals surface area contributed by atoms with Crippen LogP contribution in [0.2, 0.25) is 0 Å². The van der Waals surface area contributed by atoms with Crippen molar-refractivity contribution in [3.63, 3.8) is 0 Å². The van der Waals surface area contributed by atoms with Crippen LogP contribution in [-0.4, -0.2) is 49.6 Å². The van der Waals surface area contributed by atoms with Crippen LogP contribution in [-0.2, 0) is 0 Å². The Morgan fingerprint density at radius 1 is 1.10 bits per heavy atom. The van der Waals surface area contributed by atoms with Crippen LogP contribution in [0.3, 0.4) is 0 Å². The maximum absolute atomic E-state index is 13.6. The molecule has 3 heterocycles. The third-order valence-electron chi connectivity index (χ3n) is 6.04. The lowest BCUT2D eigenvalue weighted by Gasteiger charge is -2.30. The second kappa shape index (κ2) is 7.46. The summed E-state index contributed by atoms with van der Waals surface area (Å²) < 4.78 is 2.00. The molecule has 30 heavy (non-hydrogen) atoms. The Bertz CT molecular complexity index is 1200. The number of hydrogen-bond acceptors (Lipinski definition) is 3. The average molecular weight is 400 g/mol. The van der Waals surface area contributed by atoms with Crippen molar-refractivity contribution >= 4 is 16.7 Å². The van der Waals surface area contributed by atoms with Gasteiger partial charge in [0.05, 0.1) is 24.2 Å². The van der Waals surface area contributed by atoms with Gasteiger partial charge in [0.1, 0.15) is 5.82 Å². The first kappa shape index (κ1) is 18.6. The molecular weight excluding hydrogens is 376 g/mol. The van der Waals surface area contributed by atoms with Crippen molar-refractivity contribution in [3.05, 3.63) is 72.4 Å². The lowest BCUT2D eigenvalue weighted by molar-refractivity contribution is 0.0546. The van der Waals surface area contributed by atoms with E-state index in [2.05, 4.69) is 34.2 Å². The molecule has 0 spiro atoms. The fraction of sp³-hybridized carbons (Fsp3) is 0.250. The Hall–Kier alpha value is -3.38. The molecule has 2 aromatic heterocycles. The van der Waals surface area contributed by atoms with Gasteiger partial charge in [-0.15, -0.1) is 0 Å². The Morgan fingerprint density at radius 3 is 2.63 bits per heavy atom. The second-order valence-electron chi connectivity index (χ2n) is 7.86. The quantitative estimate of drug-likeness (QED) is 0.547. The topological polar surface area (TPSA) is 74.2 Å². The second-order valence-corrected chi connectivity index (χ2v) is 7.86. The number of aliphatic hydroxyl groups is 1. The van der Waals surface area contributed by atoms with Crippen LogP contribution in [0.1, 0.15) is 28.9 Å². The number of carbonyl (C=O) groups is 1. The highest BCUT2D eigenvalue weighted by atomic mass is 16.3. The van der Waals surface area contributed by atoms with E-state index >= 15 is 0 Å². The molecule has 2 aromatic carbocycles. The van der Waals surface area contributed by atoms with Gasteiger partial charge in [0, 0.05) is 30.5 Å². The number of aromatic nitrogens is 3. The molecule has 152 valence electrons. The number of piperidine rings is 1. The van der Waals surface area contributed by atoms with Crippen molar-refractivity contribution in [2.24, 2.45) is 0 Å². The molecule has 1 aliphatic rings. The molecule has 0 unspecified atom stereocenters. The monoisotopic (exact) mass is 400 g/mol. The van der Waals surface area contributed by atoms with Crippen molar-refractivity contribution in [2.45, 2.75) is 25.9 Å². The highest BCUT2D eigenvalue weighted by Crippen LogP contribution is 2.35. The molecule has 0 saturated carbocycles. The molecule has 5 rings (SSSR count). The fourth-order valence-electron chi connectivity index (χ4n) is 4.40. The minimum Gasteiger partial charge on any atom is -0.393 e. The van der Waals surface area contributed by atoms with Crippen LogP contribution < -0.4 is 0 Å². The van der Waals surface area contributed by atoms with E-state index in [1.807, 2.05) is 40.8 Å². The molecule has 1 fully saturated rings. The van der Waals surface area contributed by atoms with E-state index in [0.29, 0.717) is 31.5 Å². The van der Waals surface area contributed by atoms with E-state index in [-0.39, 0.29) is 12.0 Å². The summed E-state index contributed by atoms with van der Waals surface area (Å²) in [6.07, 6.45) is 6.34. The van der Waals surface area contributed by atoms with E-state index in [1.54, 1.807) is 12.5 Å². The van der Waals surface area contributed by atoms with Gasteiger partial charge in [-0.2, -0.15) is 0 Å². The molecule has 0 radical (unpaired) electrons. The maximum atomic E-state index is 13.6. The van der Waals surface area contributed by atoms with Gasteiger partial charge in [0.25, 0.3) is 5.91 Å². The lowest BCUT2D eigenvalue weighted by atomic mass is 9.96. The van der Waals surface area contributed by atoms with Crippen molar-refractivity contribution < 1.29 is 9.90 Å². The first-order valence-corrected chi connectivity index (χ1v) is 10.3. The predicted octanol–water partition coefficient (Wildman–Crippen LogP) is 3.93. The molecule has 1 amide bonds. The molecule has 1 saturated heterocycles. The molecule has 0 aliphatic carbocycles. The molecule has 0 bridgehead atoms. The van der Waals surface area contributed by atoms with E-state index in [1.165, 1.54) is 0 Å². The summed E-state index contributed by atoms with van der Waals surface area (Å²) in [4.78, 5) is 22.8. The summed E-state index contributed by atoms with van der Waals surface area (Å²) in [7, 11) is 0. The van der Waals surface area contributed by atoms with Gasteiger partial charge in [0.2, 0.25) is 0 Å². The van der Waals surface area contributed by atoms with Crippen molar-refractivity contribution in [1.82, 2.24) is 19.4 Å². The zero-order chi connectivity index (χ0) is 20.7. The zero-order valence-electron chi connectivity index (χ0n) is 16.9. The Morgan fingerprint density at radius 2 is 1.87 bits per heavy atom. The van der Waals surface area contributed by atoms with Crippen LogP contribution in [0, 0.1) is 6.92 Å². The summed E-state index contributed by atoms with van der Waals surface area (Å²) in [6.45, 7) is 3.12. The van der Waals surface area contributed by atoms with Gasteiger partial charge in [-0.3, -0.25) is 4.79 Å². The van der Waals surface area contributed by atoms with Crippen LogP contribution in [0.15, 0.2) is 61.2 Å². The number of nitrogens with zero attached hydrogens (tertiary/aromatic N) is 3. The Balaban J connectivity index is 1.70. The standard InChI is InChI=1S/C24H24N4O2/c1-16-23(24(30)27-11-9-18(29)10-12-27)21(14-28(16)22-13-25-15-26-22)20-8-4-6-17-5-2-3-7-19(17)20/h2-8,13-15,18,29H,9-12H2,1H3,(H,25,26). The van der Waals surface area contributed by atoms with Gasteiger partial charge in [-0.05, 0) is 36.1 Å². The molecule has 0 atom stereocenters. The molecular formula is C24H24N4O2. The van der Waals surface area contributed by atoms with E-state index in [9.17, 15) is 9.90 Å². The molecule has 2 N–H and O–H groups in total. The normalized spacial score (nSPS) is 15.1. The highest BCUT2D eigenvalue weighted by molar-refractivity contribution is 6.07. The highest BCUT2D eigenvalue weighted by Gasteiger charge is 2.28. The number of hydrogen-bond donors (Lipinski definition) is 2. The van der Waals surface area contributed by atoms with Gasteiger partial charge in [-0.1, -0.05) is 42.5 Å². The van der Waals surface area contributed by atoms with Crippen molar-refractivity contribution in [2.75, 3.05) is 13.1 Å². The average Bonchev–Trinajstić information content (AvgIpc) is 3.41. The first-order valence-electron chi connectivity index (χ1n) is 10.3. The maximum Gasteiger partial charge on any atom is 0.256 e. The smallest absolute Gasteiger partial charge is 0.256 e. The van der Waals surface area contributed by atoms with Crippen LogP contribution in [0.5, 0.6) is 0 Å². The zero-order valence-corrected chi connectivity index (χ0v) is 16.9. The number of amides is 1. The number of aromatic amines is 1. The van der Waals surface area contributed by atoms with Crippen LogP contribution in [0.25, 0.3) is 27.7 Å². The van der Waals surface area contributed by atoms with Crippen molar-refractivity contribution in [1.29, 1.82) is 0 Å². The lowest BCUT2D eigenvalue weighted by Crippen LogP contribution is -2.40. The number of imidazole rings is 1.